The summed E-state index contributed by atoms with van der Waals surface area (Å²) in [5.74, 6) is -0.848. The van der Waals surface area contributed by atoms with E-state index in [4.69, 9.17) is 16.3 Å². The van der Waals surface area contributed by atoms with Gasteiger partial charge in [-0.1, -0.05) is 49.7 Å². The molecule has 0 saturated heterocycles. The van der Waals surface area contributed by atoms with Crippen LogP contribution in [0.2, 0.25) is 0 Å². The number of hydrogen-bond donors (Lipinski definition) is 1. The predicted molar refractivity (Wildman–Crippen MR) is 132 cm³/mol. The van der Waals surface area contributed by atoms with E-state index in [1.807, 2.05) is 31.2 Å². The smallest absolute Gasteiger partial charge is 0.343 e. The molecule has 34 heavy (non-hydrogen) atoms. The molecule has 1 aliphatic heterocycles. The second-order valence-corrected chi connectivity index (χ2v) is 8.67. The fourth-order valence-electron chi connectivity index (χ4n) is 3.55. The van der Waals surface area contributed by atoms with Crippen molar-refractivity contribution in [2.45, 2.75) is 26.7 Å². The highest BCUT2D eigenvalue weighted by Crippen LogP contribution is 2.30. The van der Waals surface area contributed by atoms with Crippen LogP contribution in [0.25, 0.3) is 0 Å². The van der Waals surface area contributed by atoms with Crippen molar-refractivity contribution in [3.8, 4) is 5.75 Å². The summed E-state index contributed by atoms with van der Waals surface area (Å²) in [6, 6.07) is 20.8. The monoisotopic (exact) mass is 474 g/mol. The molecule has 7 heteroatoms. The van der Waals surface area contributed by atoms with Crippen molar-refractivity contribution < 1.29 is 19.1 Å². The zero-order valence-electron chi connectivity index (χ0n) is 19.0. The number of carbonyl (C=O) groups excluding carboxylic acids is 3. The quantitative estimate of drug-likeness (QED) is 0.278. The second-order valence-electron chi connectivity index (χ2n) is 8.29. The van der Waals surface area contributed by atoms with E-state index in [-0.39, 0.29) is 10.7 Å². The lowest BCUT2D eigenvalue weighted by Gasteiger charge is -2.15. The number of amides is 2. The number of nitrogens with zero attached hydrogens (tertiary/aromatic N) is 1. The number of ether oxygens (including phenoxy) is 1. The van der Waals surface area contributed by atoms with Gasteiger partial charge in [0.15, 0.2) is 0 Å². The van der Waals surface area contributed by atoms with E-state index in [1.165, 1.54) is 0 Å². The minimum Gasteiger partial charge on any atom is -0.423 e. The maximum atomic E-state index is 12.9. The number of esters is 1. The molecule has 3 aromatic rings. The van der Waals surface area contributed by atoms with Gasteiger partial charge in [0.2, 0.25) is 0 Å². The number of hydrogen-bond acceptors (Lipinski definition) is 5. The van der Waals surface area contributed by atoms with Gasteiger partial charge in [0, 0.05) is 5.69 Å². The summed E-state index contributed by atoms with van der Waals surface area (Å²) < 4.78 is 5.49. The Balaban J connectivity index is 1.47. The van der Waals surface area contributed by atoms with E-state index in [9.17, 15) is 14.4 Å². The van der Waals surface area contributed by atoms with Gasteiger partial charge in [-0.3, -0.25) is 9.59 Å². The Morgan fingerprint density at radius 2 is 1.65 bits per heavy atom. The molecule has 0 aromatic heterocycles. The molecule has 0 aliphatic carbocycles. The number of imide groups is 1. The molecule has 6 nitrogen and oxygen atoms in total. The molecule has 0 fully saturated rings. The van der Waals surface area contributed by atoms with Crippen molar-refractivity contribution in [3.63, 3.8) is 0 Å². The molecule has 0 atom stereocenters. The number of rotatable bonds is 6. The Labute approximate surface area is 202 Å². The Bertz CT molecular complexity index is 1310. The number of halogens is 1. The van der Waals surface area contributed by atoms with Crippen LogP contribution in [0.5, 0.6) is 5.75 Å². The van der Waals surface area contributed by atoms with E-state index in [1.54, 1.807) is 48.5 Å². The molecule has 0 bridgehead atoms. The lowest BCUT2D eigenvalue weighted by atomic mass is 10.0. The third-order valence-electron chi connectivity index (χ3n) is 5.41. The highest BCUT2D eigenvalue weighted by molar-refractivity contribution is 6.53. The van der Waals surface area contributed by atoms with Gasteiger partial charge in [-0.05, 0) is 72.5 Å². The molecule has 0 saturated carbocycles. The maximum Gasteiger partial charge on any atom is 0.343 e. The average Bonchev–Trinajstić information content (AvgIpc) is 3.02. The average molecular weight is 475 g/mol. The van der Waals surface area contributed by atoms with Gasteiger partial charge in [-0.25, -0.2) is 9.69 Å². The van der Waals surface area contributed by atoms with Crippen LogP contribution in [0.4, 0.5) is 11.4 Å². The largest absolute Gasteiger partial charge is 0.423 e. The summed E-state index contributed by atoms with van der Waals surface area (Å²) >= 11 is 6.20. The van der Waals surface area contributed by atoms with Crippen LogP contribution < -0.4 is 15.0 Å². The zero-order valence-corrected chi connectivity index (χ0v) is 19.7. The normalized spacial score (nSPS) is 13.6. The van der Waals surface area contributed by atoms with Crippen LogP contribution in [0.15, 0.2) is 83.5 Å². The highest BCUT2D eigenvalue weighted by Gasteiger charge is 2.39. The molecule has 1 N–H and O–H groups in total. The lowest BCUT2D eigenvalue weighted by Crippen LogP contribution is -2.32. The maximum absolute atomic E-state index is 12.9. The van der Waals surface area contributed by atoms with Crippen LogP contribution in [0.3, 0.4) is 0 Å². The molecular formula is C27H23ClN2O4. The van der Waals surface area contributed by atoms with Crippen LogP contribution in [-0.2, 0) is 9.59 Å². The first-order valence-corrected chi connectivity index (χ1v) is 11.2. The minimum atomic E-state index is -0.594. The predicted octanol–water partition coefficient (Wildman–Crippen LogP) is 5.77. The molecule has 0 spiro atoms. The van der Waals surface area contributed by atoms with Gasteiger partial charge in [0.1, 0.15) is 16.5 Å². The van der Waals surface area contributed by atoms with Crippen LogP contribution in [-0.4, -0.2) is 17.8 Å². The number of nitrogens with one attached hydrogen (secondary N) is 1. The second kappa shape index (κ2) is 9.53. The first-order valence-electron chi connectivity index (χ1n) is 10.8. The number of benzene rings is 3. The van der Waals surface area contributed by atoms with Crippen molar-refractivity contribution >= 4 is 40.8 Å². The van der Waals surface area contributed by atoms with Crippen LogP contribution >= 0.6 is 11.6 Å². The number of aryl methyl sites for hydroxylation is 1. The summed E-state index contributed by atoms with van der Waals surface area (Å²) in [5, 5.41) is 2.71. The molecular weight excluding hydrogens is 452 g/mol. The van der Waals surface area contributed by atoms with Gasteiger partial charge >= 0.3 is 5.97 Å². The van der Waals surface area contributed by atoms with Gasteiger partial charge in [0.05, 0.1) is 11.3 Å². The summed E-state index contributed by atoms with van der Waals surface area (Å²) in [4.78, 5) is 39.1. The van der Waals surface area contributed by atoms with Gasteiger partial charge in [-0.2, -0.15) is 0 Å². The Kier molecular flexibility index (Phi) is 6.52. The molecule has 0 radical (unpaired) electrons. The third kappa shape index (κ3) is 4.72. The summed E-state index contributed by atoms with van der Waals surface area (Å²) in [6.07, 6.45) is 0. The van der Waals surface area contributed by atoms with Crippen molar-refractivity contribution in [2.24, 2.45) is 0 Å². The number of carbonyl (C=O) groups is 3. The molecule has 3 aromatic carbocycles. The fraction of sp³-hybridized carbons (Fsp3) is 0.148. The lowest BCUT2D eigenvalue weighted by molar-refractivity contribution is -0.120. The Morgan fingerprint density at radius 1 is 0.941 bits per heavy atom. The topological polar surface area (TPSA) is 75.7 Å². The first kappa shape index (κ1) is 23.3. The summed E-state index contributed by atoms with van der Waals surface area (Å²) in [7, 11) is 0. The highest BCUT2D eigenvalue weighted by atomic mass is 35.5. The van der Waals surface area contributed by atoms with Gasteiger partial charge in [0.25, 0.3) is 11.8 Å². The van der Waals surface area contributed by atoms with Crippen molar-refractivity contribution in [3.05, 3.63) is 100 Å². The zero-order chi connectivity index (χ0) is 24.4. The third-order valence-corrected chi connectivity index (χ3v) is 5.76. The molecule has 0 unspecified atom stereocenters. The minimum absolute atomic E-state index is 0.0194. The van der Waals surface area contributed by atoms with E-state index in [0.717, 1.165) is 16.0 Å². The SMILES string of the molecule is Cc1cccc(N2C(=O)C(Cl)=C(Nc3ccc(C(=O)Oc4cccc(C(C)C)c4)cc3)C2=O)c1. The molecule has 2 amide bonds. The molecule has 1 aliphatic rings. The van der Waals surface area contributed by atoms with Crippen molar-refractivity contribution in [1.29, 1.82) is 0 Å². The molecule has 4 rings (SSSR count). The van der Waals surface area contributed by atoms with E-state index in [0.29, 0.717) is 28.6 Å². The Morgan fingerprint density at radius 3 is 2.32 bits per heavy atom. The summed E-state index contributed by atoms with van der Waals surface area (Å²) in [6.45, 7) is 6.00. The summed E-state index contributed by atoms with van der Waals surface area (Å²) in [5.41, 5.74) is 3.26. The Hall–Kier alpha value is -3.90. The van der Waals surface area contributed by atoms with Crippen LogP contribution in [0.1, 0.15) is 41.3 Å². The standard InChI is InChI=1S/C27H23ClN2O4/c1-16(2)19-7-5-9-22(15-19)34-27(33)18-10-12-20(13-11-18)29-24-23(28)25(31)30(26(24)32)21-8-4-6-17(3)14-21/h4-16,29H,1-3H3. The van der Waals surface area contributed by atoms with Gasteiger partial charge < -0.3 is 10.1 Å². The van der Waals surface area contributed by atoms with E-state index >= 15 is 0 Å². The van der Waals surface area contributed by atoms with Crippen LogP contribution in [0, 0.1) is 6.92 Å². The molecule has 172 valence electrons. The van der Waals surface area contributed by atoms with Crippen molar-refractivity contribution in [1.82, 2.24) is 0 Å². The number of anilines is 2. The molecule has 1 heterocycles. The fourth-order valence-corrected chi connectivity index (χ4v) is 3.76. The van der Waals surface area contributed by atoms with Gasteiger partial charge in [-0.15, -0.1) is 0 Å². The first-order chi connectivity index (χ1) is 16.2. The van der Waals surface area contributed by atoms with E-state index < -0.39 is 17.8 Å². The van der Waals surface area contributed by atoms with Crippen molar-refractivity contribution in [2.75, 3.05) is 10.2 Å². The van der Waals surface area contributed by atoms with E-state index in [2.05, 4.69) is 19.2 Å².